The van der Waals surface area contributed by atoms with Crippen LogP contribution in [0.4, 0.5) is 5.69 Å². The number of benzene rings is 1. The summed E-state index contributed by atoms with van der Waals surface area (Å²) in [4.78, 5) is 26.9. The van der Waals surface area contributed by atoms with Crippen molar-refractivity contribution in [3.63, 3.8) is 0 Å². The molecule has 6 heteroatoms. The van der Waals surface area contributed by atoms with Crippen LogP contribution in [0.25, 0.3) is 0 Å². The first-order valence-electron chi connectivity index (χ1n) is 5.74. The summed E-state index contributed by atoms with van der Waals surface area (Å²) in [6, 6.07) is 7.88. The predicted octanol–water partition coefficient (Wildman–Crippen LogP) is 2.04. The number of methoxy groups -OCH3 is 1. The molecule has 1 aromatic heterocycles. The molecule has 0 aliphatic rings. The number of aromatic nitrogens is 1. The summed E-state index contributed by atoms with van der Waals surface area (Å²) in [5.41, 5.74) is 0.494. The Labute approximate surface area is 115 Å². The number of hydrogen-bond donors (Lipinski definition) is 2. The van der Waals surface area contributed by atoms with E-state index in [1.165, 1.54) is 25.6 Å². The number of amides is 1. The zero-order valence-corrected chi connectivity index (χ0v) is 10.7. The van der Waals surface area contributed by atoms with E-state index < -0.39 is 11.9 Å². The summed E-state index contributed by atoms with van der Waals surface area (Å²) < 4.78 is 5.03. The van der Waals surface area contributed by atoms with Crippen LogP contribution in [-0.4, -0.2) is 29.1 Å². The van der Waals surface area contributed by atoms with Gasteiger partial charge in [0.25, 0.3) is 5.91 Å². The molecule has 0 fully saturated rings. The number of anilines is 1. The van der Waals surface area contributed by atoms with E-state index in [1.54, 1.807) is 24.3 Å². The maximum atomic E-state index is 12.1. The Hall–Kier alpha value is -2.89. The Morgan fingerprint density at radius 3 is 2.80 bits per heavy atom. The monoisotopic (exact) mass is 272 g/mol. The Morgan fingerprint density at radius 1 is 1.30 bits per heavy atom. The molecule has 102 valence electrons. The lowest BCUT2D eigenvalue weighted by Gasteiger charge is -2.08. The second kappa shape index (κ2) is 5.83. The van der Waals surface area contributed by atoms with Crippen molar-refractivity contribution in [2.45, 2.75) is 0 Å². The van der Waals surface area contributed by atoms with Crippen LogP contribution >= 0.6 is 0 Å². The number of aromatic carboxylic acids is 1. The van der Waals surface area contributed by atoms with E-state index >= 15 is 0 Å². The van der Waals surface area contributed by atoms with Crippen LogP contribution < -0.4 is 10.1 Å². The van der Waals surface area contributed by atoms with Crippen molar-refractivity contribution in [1.29, 1.82) is 0 Å². The van der Waals surface area contributed by atoms with Gasteiger partial charge in [0.2, 0.25) is 0 Å². The first-order chi connectivity index (χ1) is 9.61. The number of hydrogen-bond acceptors (Lipinski definition) is 4. The fourth-order valence-electron chi connectivity index (χ4n) is 1.64. The van der Waals surface area contributed by atoms with Crippen molar-refractivity contribution in [3.05, 3.63) is 53.9 Å². The highest BCUT2D eigenvalue weighted by Crippen LogP contribution is 2.17. The molecular weight excluding hydrogens is 260 g/mol. The highest BCUT2D eigenvalue weighted by molar-refractivity contribution is 6.07. The molecule has 2 rings (SSSR count). The first kappa shape index (κ1) is 13.5. The summed E-state index contributed by atoms with van der Waals surface area (Å²) in [5.74, 6) is -1.02. The third-order valence-corrected chi connectivity index (χ3v) is 2.63. The van der Waals surface area contributed by atoms with Crippen LogP contribution in [0.5, 0.6) is 5.75 Å². The number of rotatable bonds is 4. The normalized spacial score (nSPS) is 9.85. The van der Waals surface area contributed by atoms with E-state index in [1.807, 2.05) is 0 Å². The van der Waals surface area contributed by atoms with Crippen molar-refractivity contribution in [2.75, 3.05) is 12.4 Å². The van der Waals surface area contributed by atoms with Gasteiger partial charge in [0, 0.05) is 11.8 Å². The average Bonchev–Trinajstić information content (AvgIpc) is 2.47. The minimum atomic E-state index is -1.13. The highest BCUT2D eigenvalue weighted by Gasteiger charge is 2.13. The van der Waals surface area contributed by atoms with Gasteiger partial charge >= 0.3 is 5.97 Å². The number of ether oxygens (including phenoxy) is 1. The van der Waals surface area contributed by atoms with E-state index in [4.69, 9.17) is 9.84 Å². The van der Waals surface area contributed by atoms with Gasteiger partial charge in [0.1, 0.15) is 5.75 Å². The molecule has 1 aromatic carbocycles. The van der Waals surface area contributed by atoms with Gasteiger partial charge in [-0.05, 0) is 24.3 Å². The molecule has 20 heavy (non-hydrogen) atoms. The number of carboxylic acids is 1. The number of carbonyl (C=O) groups is 2. The van der Waals surface area contributed by atoms with Crippen molar-refractivity contribution >= 4 is 17.6 Å². The minimum Gasteiger partial charge on any atom is -0.497 e. The quantitative estimate of drug-likeness (QED) is 0.889. The van der Waals surface area contributed by atoms with E-state index in [2.05, 4.69) is 10.3 Å². The van der Waals surface area contributed by atoms with Gasteiger partial charge in [0.15, 0.2) is 0 Å². The topological polar surface area (TPSA) is 88.5 Å². The smallest absolute Gasteiger partial charge is 0.337 e. The lowest BCUT2D eigenvalue weighted by molar-refractivity contribution is 0.0698. The molecule has 0 radical (unpaired) electrons. The Balaban J connectivity index is 2.25. The molecule has 0 aliphatic carbocycles. The molecule has 0 spiro atoms. The van der Waals surface area contributed by atoms with Crippen LogP contribution in [0.3, 0.4) is 0 Å². The van der Waals surface area contributed by atoms with Crippen LogP contribution in [0, 0.1) is 0 Å². The van der Waals surface area contributed by atoms with Gasteiger partial charge in [-0.2, -0.15) is 0 Å². The van der Waals surface area contributed by atoms with Gasteiger partial charge < -0.3 is 15.2 Å². The van der Waals surface area contributed by atoms with Gasteiger partial charge in [-0.1, -0.05) is 6.07 Å². The summed E-state index contributed by atoms with van der Waals surface area (Å²) in [7, 11) is 1.50. The maximum absolute atomic E-state index is 12.1. The molecule has 0 atom stereocenters. The Morgan fingerprint density at radius 2 is 2.10 bits per heavy atom. The SMILES string of the molecule is COc1cccc(C(=O)Nc2cnccc2C(=O)O)c1. The highest BCUT2D eigenvalue weighted by atomic mass is 16.5. The molecule has 1 amide bonds. The van der Waals surface area contributed by atoms with Gasteiger partial charge in [-0.3, -0.25) is 9.78 Å². The number of nitrogens with zero attached hydrogens (tertiary/aromatic N) is 1. The second-order valence-electron chi connectivity index (χ2n) is 3.91. The van der Waals surface area contributed by atoms with Crippen LogP contribution in [-0.2, 0) is 0 Å². The standard InChI is InChI=1S/C14H12N2O4/c1-20-10-4-2-3-9(7-10)13(17)16-12-8-15-6-5-11(12)14(18)19/h2-8H,1H3,(H,16,17)(H,18,19). The molecule has 0 aliphatic heterocycles. The first-order valence-corrected chi connectivity index (χ1v) is 5.74. The average molecular weight is 272 g/mol. The molecule has 0 bridgehead atoms. The zero-order chi connectivity index (χ0) is 14.5. The second-order valence-corrected chi connectivity index (χ2v) is 3.91. The van der Waals surface area contributed by atoms with Crippen LogP contribution in [0.2, 0.25) is 0 Å². The van der Waals surface area contributed by atoms with Crippen LogP contribution in [0.15, 0.2) is 42.7 Å². The molecule has 0 saturated heterocycles. The lowest BCUT2D eigenvalue weighted by atomic mass is 10.2. The maximum Gasteiger partial charge on any atom is 0.337 e. The van der Waals surface area contributed by atoms with Gasteiger partial charge in [0.05, 0.1) is 24.6 Å². The van der Waals surface area contributed by atoms with Crippen molar-refractivity contribution in [3.8, 4) is 5.75 Å². The lowest BCUT2D eigenvalue weighted by Crippen LogP contribution is -2.15. The van der Waals surface area contributed by atoms with E-state index in [9.17, 15) is 9.59 Å². The largest absolute Gasteiger partial charge is 0.497 e. The van der Waals surface area contributed by atoms with Crippen molar-refractivity contribution < 1.29 is 19.4 Å². The van der Waals surface area contributed by atoms with E-state index in [-0.39, 0.29) is 11.3 Å². The molecule has 2 aromatic rings. The van der Waals surface area contributed by atoms with Gasteiger partial charge in [-0.25, -0.2) is 4.79 Å². The molecule has 1 heterocycles. The molecular formula is C14H12N2O4. The summed E-state index contributed by atoms with van der Waals surface area (Å²) in [5, 5.41) is 11.6. The number of nitrogens with one attached hydrogen (secondary N) is 1. The fraction of sp³-hybridized carbons (Fsp3) is 0.0714. The third-order valence-electron chi connectivity index (χ3n) is 2.63. The molecule has 0 unspecified atom stereocenters. The number of pyridine rings is 1. The predicted molar refractivity (Wildman–Crippen MR) is 72.1 cm³/mol. The van der Waals surface area contributed by atoms with E-state index in [0.29, 0.717) is 11.3 Å². The molecule has 2 N–H and O–H groups in total. The molecule has 0 saturated carbocycles. The number of carbonyl (C=O) groups excluding carboxylic acids is 1. The summed E-state index contributed by atoms with van der Waals surface area (Å²) in [6.45, 7) is 0. The van der Waals surface area contributed by atoms with E-state index in [0.717, 1.165) is 0 Å². The zero-order valence-electron chi connectivity index (χ0n) is 10.7. The summed E-state index contributed by atoms with van der Waals surface area (Å²) in [6.07, 6.45) is 2.65. The molecule has 6 nitrogen and oxygen atoms in total. The minimum absolute atomic E-state index is 0.0174. The van der Waals surface area contributed by atoms with Gasteiger partial charge in [-0.15, -0.1) is 0 Å². The Bertz CT molecular complexity index is 655. The number of carboxylic acid groups (broad SMARTS) is 1. The Kier molecular flexibility index (Phi) is 3.95. The summed E-state index contributed by atoms with van der Waals surface area (Å²) >= 11 is 0. The van der Waals surface area contributed by atoms with Crippen molar-refractivity contribution in [1.82, 2.24) is 4.98 Å². The third kappa shape index (κ3) is 2.92. The van der Waals surface area contributed by atoms with Crippen molar-refractivity contribution in [2.24, 2.45) is 0 Å². The van der Waals surface area contributed by atoms with Crippen LogP contribution in [0.1, 0.15) is 20.7 Å². The fourth-order valence-corrected chi connectivity index (χ4v) is 1.64.